The standard InChI is InChI=1S/C21H23F3N2O3S2/c1-14-16-9-13-30-18(16)8-12-26(14)20(27)15-6-10-25(11-7-15)31(28,29)19-5-3-2-4-17(19)21(22,23)24/h2-5,9,13-15H,6-8,10-12H2,1H3. The zero-order valence-electron chi connectivity index (χ0n) is 16.9. The number of alkyl halides is 3. The van der Waals surface area contributed by atoms with Gasteiger partial charge < -0.3 is 4.90 Å². The van der Waals surface area contributed by atoms with E-state index in [1.165, 1.54) is 17.0 Å². The smallest absolute Gasteiger partial charge is 0.335 e. The highest BCUT2D eigenvalue weighted by Crippen LogP contribution is 2.37. The molecule has 0 aliphatic carbocycles. The molecule has 168 valence electrons. The first-order valence-electron chi connectivity index (χ1n) is 10.1. The quantitative estimate of drug-likeness (QED) is 0.669. The number of benzene rings is 1. The van der Waals surface area contributed by atoms with Crippen molar-refractivity contribution < 1.29 is 26.4 Å². The first-order chi connectivity index (χ1) is 14.6. The summed E-state index contributed by atoms with van der Waals surface area (Å²) in [7, 11) is -4.30. The van der Waals surface area contributed by atoms with E-state index < -0.39 is 26.7 Å². The number of rotatable bonds is 3. The average Bonchev–Trinajstić information content (AvgIpc) is 3.23. The van der Waals surface area contributed by atoms with Gasteiger partial charge in [-0.3, -0.25) is 4.79 Å². The van der Waals surface area contributed by atoms with Gasteiger partial charge in [0.15, 0.2) is 0 Å². The van der Waals surface area contributed by atoms with Crippen LogP contribution >= 0.6 is 11.3 Å². The number of fused-ring (bicyclic) bond motifs is 1. The monoisotopic (exact) mass is 472 g/mol. The second-order valence-corrected chi connectivity index (χ2v) is 10.8. The van der Waals surface area contributed by atoms with Crippen molar-refractivity contribution in [2.24, 2.45) is 5.92 Å². The minimum absolute atomic E-state index is 0.00269. The van der Waals surface area contributed by atoms with Crippen molar-refractivity contribution in [1.82, 2.24) is 9.21 Å². The molecule has 0 spiro atoms. The van der Waals surface area contributed by atoms with Crippen LogP contribution in [0.3, 0.4) is 0 Å². The number of carbonyl (C=O) groups excluding carboxylic acids is 1. The lowest BCUT2D eigenvalue weighted by Crippen LogP contribution is -2.46. The molecule has 1 aromatic heterocycles. The van der Waals surface area contributed by atoms with Crippen LogP contribution in [0.5, 0.6) is 0 Å². The predicted molar refractivity (Wildman–Crippen MR) is 111 cm³/mol. The van der Waals surface area contributed by atoms with Crippen molar-refractivity contribution in [3.8, 4) is 0 Å². The minimum atomic E-state index is -4.76. The third-order valence-corrected chi connectivity index (χ3v) is 9.13. The Morgan fingerprint density at radius 3 is 2.45 bits per heavy atom. The number of sulfonamides is 1. The van der Waals surface area contributed by atoms with E-state index in [0.717, 1.165) is 28.4 Å². The van der Waals surface area contributed by atoms with E-state index in [4.69, 9.17) is 0 Å². The van der Waals surface area contributed by atoms with Crippen molar-refractivity contribution in [3.63, 3.8) is 0 Å². The largest absolute Gasteiger partial charge is 0.417 e. The maximum absolute atomic E-state index is 13.3. The summed E-state index contributed by atoms with van der Waals surface area (Å²) in [6, 6.07) is 6.24. The van der Waals surface area contributed by atoms with Gasteiger partial charge in [-0.2, -0.15) is 17.5 Å². The Morgan fingerprint density at radius 1 is 1.10 bits per heavy atom. The van der Waals surface area contributed by atoms with Crippen LogP contribution in [0, 0.1) is 5.92 Å². The summed E-state index contributed by atoms with van der Waals surface area (Å²) in [5.74, 6) is -0.330. The van der Waals surface area contributed by atoms with Gasteiger partial charge in [0.1, 0.15) is 0 Å². The molecule has 2 aromatic rings. The van der Waals surface area contributed by atoms with Crippen molar-refractivity contribution >= 4 is 27.3 Å². The highest BCUT2D eigenvalue weighted by molar-refractivity contribution is 7.89. The van der Waals surface area contributed by atoms with E-state index in [1.54, 1.807) is 11.3 Å². The first-order valence-corrected chi connectivity index (χ1v) is 12.5. The molecule has 5 nitrogen and oxygen atoms in total. The van der Waals surface area contributed by atoms with Crippen molar-refractivity contribution in [2.45, 2.75) is 43.3 Å². The SMILES string of the molecule is CC1c2ccsc2CCN1C(=O)C1CCN(S(=O)(=O)c2ccccc2C(F)(F)F)CC1. The maximum Gasteiger partial charge on any atom is 0.417 e. The lowest BCUT2D eigenvalue weighted by atomic mass is 9.93. The topological polar surface area (TPSA) is 57.7 Å². The van der Waals surface area contributed by atoms with E-state index in [-0.39, 0.29) is 31.0 Å². The molecule has 31 heavy (non-hydrogen) atoms. The van der Waals surface area contributed by atoms with E-state index in [1.807, 2.05) is 23.3 Å². The van der Waals surface area contributed by atoms with E-state index >= 15 is 0 Å². The van der Waals surface area contributed by atoms with Gasteiger partial charge in [-0.05, 0) is 55.3 Å². The van der Waals surface area contributed by atoms with E-state index in [9.17, 15) is 26.4 Å². The van der Waals surface area contributed by atoms with Gasteiger partial charge >= 0.3 is 6.18 Å². The van der Waals surface area contributed by atoms with Gasteiger partial charge in [-0.25, -0.2) is 8.42 Å². The molecule has 10 heteroatoms. The Kier molecular flexibility index (Phi) is 5.91. The molecular weight excluding hydrogens is 449 g/mol. The molecule has 3 heterocycles. The molecule has 0 N–H and O–H groups in total. The van der Waals surface area contributed by atoms with Crippen molar-refractivity contribution in [2.75, 3.05) is 19.6 Å². The highest BCUT2D eigenvalue weighted by atomic mass is 32.2. The second kappa shape index (κ2) is 8.22. The van der Waals surface area contributed by atoms with Crippen LogP contribution in [-0.4, -0.2) is 43.2 Å². The van der Waals surface area contributed by atoms with Crippen LogP contribution < -0.4 is 0 Å². The number of nitrogens with zero attached hydrogens (tertiary/aromatic N) is 2. The molecule has 1 fully saturated rings. The van der Waals surface area contributed by atoms with Gasteiger partial charge in [0.2, 0.25) is 15.9 Å². The Morgan fingerprint density at radius 2 is 1.77 bits per heavy atom. The van der Waals surface area contributed by atoms with Gasteiger partial charge in [-0.1, -0.05) is 12.1 Å². The molecule has 2 aliphatic heterocycles. The molecule has 2 aliphatic rings. The van der Waals surface area contributed by atoms with E-state index in [0.29, 0.717) is 19.4 Å². The Balaban J connectivity index is 1.46. The second-order valence-electron chi connectivity index (χ2n) is 7.93. The third kappa shape index (κ3) is 4.12. The normalized spacial score (nSPS) is 21.2. The van der Waals surface area contributed by atoms with Crippen molar-refractivity contribution in [1.29, 1.82) is 0 Å². The van der Waals surface area contributed by atoms with Gasteiger partial charge in [0, 0.05) is 30.4 Å². The zero-order valence-corrected chi connectivity index (χ0v) is 18.6. The number of thiophene rings is 1. The van der Waals surface area contributed by atoms with Crippen LogP contribution in [0.25, 0.3) is 0 Å². The first kappa shape index (κ1) is 22.3. The summed E-state index contributed by atoms with van der Waals surface area (Å²) >= 11 is 1.69. The highest BCUT2D eigenvalue weighted by Gasteiger charge is 2.41. The lowest BCUT2D eigenvalue weighted by Gasteiger charge is -2.38. The Hall–Kier alpha value is -1.91. The van der Waals surface area contributed by atoms with E-state index in [2.05, 4.69) is 0 Å². The molecule has 0 saturated carbocycles. The van der Waals surface area contributed by atoms with Crippen LogP contribution in [0.15, 0.2) is 40.6 Å². The number of hydrogen-bond donors (Lipinski definition) is 0. The summed E-state index contributed by atoms with van der Waals surface area (Å²) in [4.78, 5) is 15.5. The molecule has 1 saturated heterocycles. The molecule has 1 amide bonds. The molecule has 1 atom stereocenters. The molecule has 0 radical (unpaired) electrons. The fourth-order valence-electron chi connectivity index (χ4n) is 4.45. The predicted octanol–water partition coefficient (Wildman–Crippen LogP) is 4.31. The van der Waals surface area contributed by atoms with Crippen LogP contribution in [0.4, 0.5) is 13.2 Å². The number of piperidine rings is 1. The molecular formula is C21H23F3N2O3S2. The van der Waals surface area contributed by atoms with Gasteiger partial charge in [0.25, 0.3) is 0 Å². The summed E-state index contributed by atoms with van der Waals surface area (Å²) < 4.78 is 66.8. The third-order valence-electron chi connectivity index (χ3n) is 6.17. The molecule has 4 rings (SSSR count). The summed E-state index contributed by atoms with van der Waals surface area (Å²) in [6.07, 6.45) is -3.36. The molecule has 1 aromatic carbocycles. The van der Waals surface area contributed by atoms with Gasteiger partial charge in [0.05, 0.1) is 16.5 Å². The molecule has 1 unspecified atom stereocenters. The summed E-state index contributed by atoms with van der Waals surface area (Å²) in [5.41, 5.74) is -0.00437. The fourth-order valence-corrected chi connectivity index (χ4v) is 7.10. The average molecular weight is 473 g/mol. The number of carbonyl (C=O) groups is 1. The van der Waals surface area contributed by atoms with Crippen LogP contribution in [0.1, 0.15) is 41.8 Å². The van der Waals surface area contributed by atoms with Crippen LogP contribution in [-0.2, 0) is 27.4 Å². The Labute approximate surface area is 183 Å². The summed E-state index contributed by atoms with van der Waals surface area (Å²) in [5, 5.41) is 2.03. The lowest BCUT2D eigenvalue weighted by molar-refractivity contribution is -0.140. The molecule has 0 bridgehead atoms. The van der Waals surface area contributed by atoms with Gasteiger partial charge in [-0.15, -0.1) is 11.3 Å². The Bertz CT molecular complexity index is 1070. The fraction of sp³-hybridized carbons (Fsp3) is 0.476. The number of halogens is 3. The number of amides is 1. The number of hydrogen-bond acceptors (Lipinski definition) is 4. The summed E-state index contributed by atoms with van der Waals surface area (Å²) in [6.45, 7) is 2.68. The minimum Gasteiger partial charge on any atom is -0.335 e. The zero-order chi connectivity index (χ0) is 22.4. The van der Waals surface area contributed by atoms with Crippen molar-refractivity contribution in [3.05, 3.63) is 51.7 Å². The maximum atomic E-state index is 13.3. The van der Waals surface area contributed by atoms with Crippen LogP contribution in [0.2, 0.25) is 0 Å².